The van der Waals surface area contributed by atoms with Gasteiger partial charge in [0, 0.05) is 12.6 Å². The second-order valence-electron chi connectivity index (χ2n) is 9.05. The lowest BCUT2D eigenvalue weighted by atomic mass is 9.66. The second kappa shape index (κ2) is 7.12. The van der Waals surface area contributed by atoms with Gasteiger partial charge in [0.25, 0.3) is 0 Å². The van der Waals surface area contributed by atoms with E-state index in [0.29, 0.717) is 12.5 Å². The first-order valence-electron chi connectivity index (χ1n) is 9.96. The summed E-state index contributed by atoms with van der Waals surface area (Å²) in [5, 5.41) is 0. The molecule has 148 valence electrons. The van der Waals surface area contributed by atoms with Gasteiger partial charge in [0.05, 0.1) is 24.7 Å². The van der Waals surface area contributed by atoms with Crippen molar-refractivity contribution < 1.29 is 23.8 Å². The lowest BCUT2D eigenvalue weighted by Gasteiger charge is -2.36. The highest BCUT2D eigenvalue weighted by atomic mass is 16.6. The van der Waals surface area contributed by atoms with Gasteiger partial charge in [-0.25, -0.2) is 9.69 Å². The van der Waals surface area contributed by atoms with Gasteiger partial charge >= 0.3 is 6.09 Å². The third-order valence-corrected chi connectivity index (χ3v) is 6.05. The summed E-state index contributed by atoms with van der Waals surface area (Å²) in [4.78, 5) is 27.0. The van der Waals surface area contributed by atoms with E-state index in [-0.39, 0.29) is 41.9 Å². The molecule has 3 rings (SSSR count). The fourth-order valence-corrected chi connectivity index (χ4v) is 4.72. The molecule has 2 aliphatic heterocycles. The van der Waals surface area contributed by atoms with Crippen LogP contribution in [0.25, 0.3) is 0 Å². The maximum absolute atomic E-state index is 13.0. The lowest BCUT2D eigenvalue weighted by Crippen LogP contribution is -2.45. The Balaban J connectivity index is 1.77. The largest absolute Gasteiger partial charge is 0.443 e. The first kappa shape index (κ1) is 19.6. The van der Waals surface area contributed by atoms with Crippen molar-refractivity contribution in [2.45, 2.75) is 78.2 Å². The number of hydrogen-bond donors (Lipinski definition) is 0. The van der Waals surface area contributed by atoms with Gasteiger partial charge in [-0.1, -0.05) is 20.3 Å². The fraction of sp³-hybridized carbons (Fsp3) is 0.900. The molecular formula is C20H33NO5. The Morgan fingerprint density at radius 1 is 1.23 bits per heavy atom. The Morgan fingerprint density at radius 3 is 2.54 bits per heavy atom. The van der Waals surface area contributed by atoms with Gasteiger partial charge in [0.1, 0.15) is 5.60 Å². The number of hydrogen-bond acceptors (Lipinski definition) is 5. The minimum absolute atomic E-state index is 0.0516. The quantitative estimate of drug-likeness (QED) is 0.551. The summed E-state index contributed by atoms with van der Waals surface area (Å²) < 4.78 is 17.3. The molecule has 26 heavy (non-hydrogen) atoms. The lowest BCUT2D eigenvalue weighted by molar-refractivity contribution is -0.132. The molecule has 6 heteroatoms. The molecule has 7 atom stereocenters. The molecule has 2 saturated heterocycles. The second-order valence-corrected chi connectivity index (χ2v) is 9.05. The van der Waals surface area contributed by atoms with Crippen molar-refractivity contribution in [3.8, 4) is 0 Å². The predicted molar refractivity (Wildman–Crippen MR) is 96.6 cm³/mol. The summed E-state index contributed by atoms with van der Waals surface area (Å²) >= 11 is 0. The number of unbranched alkanes of at least 4 members (excludes halogenated alkanes) is 1. The first-order chi connectivity index (χ1) is 12.2. The molecule has 0 N–H and O–H groups in total. The maximum Gasteiger partial charge on any atom is 0.417 e. The zero-order valence-electron chi connectivity index (χ0n) is 16.9. The number of epoxide rings is 1. The molecule has 1 aliphatic carbocycles. The van der Waals surface area contributed by atoms with Crippen LogP contribution < -0.4 is 0 Å². The average molecular weight is 367 g/mol. The van der Waals surface area contributed by atoms with E-state index in [0.717, 1.165) is 19.4 Å². The van der Waals surface area contributed by atoms with Crippen LogP contribution in [-0.2, 0) is 19.0 Å². The van der Waals surface area contributed by atoms with Crippen molar-refractivity contribution >= 4 is 12.0 Å². The number of carbonyl (C=O) groups excluding carboxylic acids is 2. The molecule has 3 aliphatic rings. The number of nitrogens with zero attached hydrogens (tertiary/aromatic N) is 1. The molecule has 2 amide bonds. The monoisotopic (exact) mass is 367 g/mol. The molecule has 0 radical (unpaired) electrons. The van der Waals surface area contributed by atoms with Crippen LogP contribution in [-0.4, -0.2) is 54.0 Å². The average Bonchev–Trinajstić information content (AvgIpc) is 3.27. The molecule has 6 nitrogen and oxygen atoms in total. The van der Waals surface area contributed by atoms with Crippen LogP contribution in [0.3, 0.4) is 0 Å². The van der Waals surface area contributed by atoms with Crippen LogP contribution in [0, 0.1) is 23.7 Å². The SMILES string of the molecule is CCCCOC[C@H]1[C@H](C)[C@@H]2OC2[C@H]2C(=O)N(C(=O)OC(C)(C)C)[C@H](C)[C@@H]12. The van der Waals surface area contributed by atoms with Gasteiger partial charge in [-0.15, -0.1) is 0 Å². The smallest absolute Gasteiger partial charge is 0.417 e. The Labute approximate surface area is 156 Å². The molecule has 3 fully saturated rings. The molecular weight excluding hydrogens is 334 g/mol. The van der Waals surface area contributed by atoms with E-state index in [1.54, 1.807) is 0 Å². The highest BCUT2D eigenvalue weighted by Crippen LogP contribution is 2.55. The third kappa shape index (κ3) is 3.50. The Bertz CT molecular complexity index is 557. The van der Waals surface area contributed by atoms with Gasteiger partial charge in [-0.05, 0) is 51.9 Å². The Kier molecular flexibility index (Phi) is 5.37. The van der Waals surface area contributed by atoms with Crippen LogP contribution in [0.2, 0.25) is 0 Å². The number of ether oxygens (including phenoxy) is 3. The van der Waals surface area contributed by atoms with E-state index in [2.05, 4.69) is 13.8 Å². The number of likely N-dealkylation sites (tertiary alicyclic amines) is 1. The third-order valence-electron chi connectivity index (χ3n) is 6.05. The van der Waals surface area contributed by atoms with Gasteiger partial charge < -0.3 is 14.2 Å². The predicted octanol–water partition coefficient (Wildman–Crippen LogP) is 3.23. The number of amides is 2. The van der Waals surface area contributed by atoms with Crippen molar-refractivity contribution in [2.24, 2.45) is 23.7 Å². The highest BCUT2D eigenvalue weighted by Gasteiger charge is 2.67. The minimum Gasteiger partial charge on any atom is -0.443 e. The number of imide groups is 1. The molecule has 0 spiro atoms. The maximum atomic E-state index is 13.0. The van der Waals surface area contributed by atoms with E-state index in [4.69, 9.17) is 14.2 Å². The minimum atomic E-state index is -0.626. The van der Waals surface area contributed by atoms with E-state index < -0.39 is 11.7 Å². The van der Waals surface area contributed by atoms with Crippen LogP contribution in [0.15, 0.2) is 0 Å². The normalized spacial score (nSPS) is 38.8. The van der Waals surface area contributed by atoms with Crippen molar-refractivity contribution in [3.63, 3.8) is 0 Å². The summed E-state index contributed by atoms with van der Waals surface area (Å²) in [6, 6.07) is -0.199. The molecule has 2 heterocycles. The zero-order chi connectivity index (χ0) is 19.2. The number of rotatable bonds is 5. The molecule has 0 bridgehead atoms. The standard InChI is InChI=1S/C20H33NO5/c1-7-8-9-24-10-13-11(2)16-17(25-16)15-14(13)12(3)21(18(15)22)19(23)26-20(4,5)6/h11-17H,7-10H2,1-6H3/t11-,12+,13-,14-,15-,16-,17?/m0/s1. The highest BCUT2D eigenvalue weighted by molar-refractivity contribution is 5.96. The fourth-order valence-electron chi connectivity index (χ4n) is 4.72. The Hall–Kier alpha value is -1.14. The van der Waals surface area contributed by atoms with Crippen LogP contribution in [0.1, 0.15) is 54.4 Å². The summed E-state index contributed by atoms with van der Waals surface area (Å²) in [6.07, 6.45) is 1.66. The number of carbonyl (C=O) groups is 2. The molecule has 0 aromatic rings. The topological polar surface area (TPSA) is 68.4 Å². The summed E-state index contributed by atoms with van der Waals surface area (Å²) in [7, 11) is 0. The zero-order valence-corrected chi connectivity index (χ0v) is 16.9. The van der Waals surface area contributed by atoms with Gasteiger partial charge in [-0.3, -0.25) is 4.79 Å². The van der Waals surface area contributed by atoms with Crippen LogP contribution in [0.4, 0.5) is 4.79 Å². The van der Waals surface area contributed by atoms with Crippen molar-refractivity contribution in [2.75, 3.05) is 13.2 Å². The van der Waals surface area contributed by atoms with E-state index >= 15 is 0 Å². The summed E-state index contributed by atoms with van der Waals surface area (Å²) in [5.74, 6) is 0.215. The van der Waals surface area contributed by atoms with Gasteiger partial charge in [0.15, 0.2) is 0 Å². The van der Waals surface area contributed by atoms with E-state index in [1.807, 2.05) is 27.7 Å². The van der Waals surface area contributed by atoms with Crippen LogP contribution >= 0.6 is 0 Å². The molecule has 1 saturated carbocycles. The molecule has 0 aromatic carbocycles. The first-order valence-corrected chi connectivity index (χ1v) is 9.96. The van der Waals surface area contributed by atoms with Crippen molar-refractivity contribution in [1.29, 1.82) is 0 Å². The van der Waals surface area contributed by atoms with Crippen molar-refractivity contribution in [3.05, 3.63) is 0 Å². The number of fused-ring (bicyclic) bond motifs is 3. The Morgan fingerprint density at radius 2 is 1.92 bits per heavy atom. The van der Waals surface area contributed by atoms with Crippen molar-refractivity contribution in [1.82, 2.24) is 4.90 Å². The van der Waals surface area contributed by atoms with E-state index in [9.17, 15) is 9.59 Å². The van der Waals surface area contributed by atoms with Crippen LogP contribution in [0.5, 0.6) is 0 Å². The molecule has 1 unspecified atom stereocenters. The van der Waals surface area contributed by atoms with Gasteiger partial charge in [-0.2, -0.15) is 0 Å². The van der Waals surface area contributed by atoms with E-state index in [1.165, 1.54) is 4.90 Å². The molecule has 0 aromatic heterocycles. The van der Waals surface area contributed by atoms with Gasteiger partial charge in [0.2, 0.25) is 5.91 Å². The summed E-state index contributed by atoms with van der Waals surface area (Å²) in [5.41, 5.74) is -0.626. The summed E-state index contributed by atoms with van der Waals surface area (Å²) in [6.45, 7) is 13.1.